The average Bonchev–Trinajstić information content (AvgIpc) is 3.34. The van der Waals surface area contributed by atoms with E-state index in [0.717, 1.165) is 11.3 Å². The van der Waals surface area contributed by atoms with Gasteiger partial charge in [-0.2, -0.15) is 5.10 Å². The molecule has 170 valence electrons. The molecule has 4 rings (SSSR count). The summed E-state index contributed by atoms with van der Waals surface area (Å²) in [4.78, 5) is 29.0. The molecule has 1 aliphatic rings. The number of carbonyl (C=O) groups excluding carboxylic acids is 2. The minimum absolute atomic E-state index is 0.0746. The third-order valence-electron chi connectivity index (χ3n) is 5.66. The minimum Gasteiger partial charge on any atom is -0.468 e. The highest BCUT2D eigenvalue weighted by Gasteiger charge is 2.33. The van der Waals surface area contributed by atoms with Crippen LogP contribution in [0.5, 0.6) is 0 Å². The third-order valence-corrected chi connectivity index (χ3v) is 6.00. The number of rotatable bonds is 6. The van der Waals surface area contributed by atoms with Crippen LogP contribution in [0.4, 0.5) is 0 Å². The molecular formula is C25H25ClN4O3. The highest BCUT2D eigenvalue weighted by molar-refractivity contribution is 6.31. The van der Waals surface area contributed by atoms with E-state index in [1.165, 1.54) is 7.11 Å². The first-order valence-corrected chi connectivity index (χ1v) is 11.1. The number of halogens is 1. The summed E-state index contributed by atoms with van der Waals surface area (Å²) in [5.41, 5.74) is 2.51. The van der Waals surface area contributed by atoms with Gasteiger partial charge in [0.15, 0.2) is 0 Å². The van der Waals surface area contributed by atoms with Crippen molar-refractivity contribution in [2.75, 3.05) is 33.3 Å². The number of nitrogens with zero attached hydrogens (tertiary/aromatic N) is 4. The van der Waals surface area contributed by atoms with E-state index in [4.69, 9.17) is 16.3 Å². The summed E-state index contributed by atoms with van der Waals surface area (Å²) >= 11 is 6.34. The molecule has 0 bridgehead atoms. The number of benzene rings is 2. The maximum atomic E-state index is 12.7. The highest BCUT2D eigenvalue weighted by Crippen LogP contribution is 2.29. The molecule has 1 saturated heterocycles. The number of hydrogen-bond donors (Lipinski definition) is 0. The lowest BCUT2D eigenvalue weighted by molar-refractivity contribution is -0.148. The van der Waals surface area contributed by atoms with Crippen LogP contribution in [-0.4, -0.2) is 64.7 Å². The molecule has 0 N–H and O–H groups in total. The van der Waals surface area contributed by atoms with Crippen LogP contribution in [0.3, 0.4) is 0 Å². The maximum absolute atomic E-state index is 12.7. The third kappa shape index (κ3) is 5.32. The SMILES string of the molecule is COC(=O)C(c1ccccc1Cl)N1CCN(C(=O)/C=C/c2cnn(-c3ccccc3)c2)CC1. The molecule has 1 fully saturated rings. The molecule has 1 unspecified atom stereocenters. The van der Waals surface area contributed by atoms with Gasteiger partial charge in [0.05, 0.1) is 19.0 Å². The standard InChI is InChI=1S/C25H25ClN4O3/c1-33-25(32)24(21-9-5-6-10-22(21)26)29-15-13-28(14-16-29)23(31)12-11-19-17-27-30(18-19)20-7-3-2-4-8-20/h2-12,17-18,24H,13-16H2,1H3/b12-11+. The van der Waals surface area contributed by atoms with E-state index in [9.17, 15) is 9.59 Å². The Morgan fingerprint density at radius 3 is 2.42 bits per heavy atom. The van der Waals surface area contributed by atoms with Crippen LogP contribution in [0.1, 0.15) is 17.2 Å². The largest absolute Gasteiger partial charge is 0.468 e. The molecular weight excluding hydrogens is 440 g/mol. The van der Waals surface area contributed by atoms with Crippen LogP contribution in [0.25, 0.3) is 11.8 Å². The number of hydrogen-bond acceptors (Lipinski definition) is 5. The monoisotopic (exact) mass is 464 g/mol. The number of carbonyl (C=O) groups is 2. The molecule has 2 heterocycles. The van der Waals surface area contributed by atoms with E-state index in [0.29, 0.717) is 36.8 Å². The second kappa shape index (κ2) is 10.5. The number of aromatic nitrogens is 2. The fourth-order valence-electron chi connectivity index (χ4n) is 3.90. The molecule has 0 saturated carbocycles. The van der Waals surface area contributed by atoms with Crippen LogP contribution >= 0.6 is 11.6 Å². The Hall–Kier alpha value is -3.42. The minimum atomic E-state index is -0.597. The first-order chi connectivity index (χ1) is 16.1. The second-order valence-electron chi connectivity index (χ2n) is 7.70. The predicted molar refractivity (Wildman–Crippen MR) is 127 cm³/mol. The molecule has 0 radical (unpaired) electrons. The molecule has 7 nitrogen and oxygen atoms in total. The van der Waals surface area contributed by atoms with Gasteiger partial charge >= 0.3 is 5.97 Å². The summed E-state index contributed by atoms with van der Waals surface area (Å²) in [7, 11) is 1.37. The lowest BCUT2D eigenvalue weighted by Gasteiger charge is -2.38. The van der Waals surface area contributed by atoms with E-state index in [2.05, 4.69) is 5.10 Å². The lowest BCUT2D eigenvalue weighted by Crippen LogP contribution is -2.50. The van der Waals surface area contributed by atoms with Gasteiger partial charge in [0.2, 0.25) is 5.91 Å². The van der Waals surface area contributed by atoms with E-state index in [1.807, 2.05) is 59.6 Å². The fourth-order valence-corrected chi connectivity index (χ4v) is 4.14. The zero-order valence-electron chi connectivity index (χ0n) is 18.3. The summed E-state index contributed by atoms with van der Waals surface area (Å²) in [6.07, 6.45) is 6.93. The number of methoxy groups -OCH3 is 1. The van der Waals surface area contributed by atoms with Crippen molar-refractivity contribution in [2.24, 2.45) is 0 Å². The molecule has 0 spiro atoms. The van der Waals surface area contributed by atoms with Crippen LogP contribution in [0, 0.1) is 0 Å². The average molecular weight is 465 g/mol. The molecule has 1 atom stereocenters. The van der Waals surface area contributed by atoms with Gasteiger partial charge in [0.25, 0.3) is 0 Å². The Bertz CT molecular complexity index is 1140. The lowest BCUT2D eigenvalue weighted by atomic mass is 10.0. The predicted octanol–water partition coefficient (Wildman–Crippen LogP) is 3.60. The van der Waals surface area contributed by atoms with Crippen LogP contribution in [-0.2, 0) is 14.3 Å². The summed E-state index contributed by atoms with van der Waals surface area (Å²) in [6, 6.07) is 16.5. The number of esters is 1. The van der Waals surface area contributed by atoms with Gasteiger partial charge in [0.1, 0.15) is 6.04 Å². The normalized spacial score (nSPS) is 15.5. The van der Waals surface area contributed by atoms with Crippen LogP contribution in [0.15, 0.2) is 73.1 Å². The second-order valence-corrected chi connectivity index (χ2v) is 8.10. The summed E-state index contributed by atoms with van der Waals surface area (Å²) < 4.78 is 6.80. The van der Waals surface area contributed by atoms with Gasteiger partial charge in [-0.05, 0) is 29.8 Å². The molecule has 1 aromatic heterocycles. The Morgan fingerprint density at radius 1 is 1.03 bits per heavy atom. The van der Waals surface area contributed by atoms with Gasteiger partial charge in [-0.25, -0.2) is 9.48 Å². The number of piperazine rings is 1. The highest BCUT2D eigenvalue weighted by atomic mass is 35.5. The van der Waals surface area contributed by atoms with Crippen molar-refractivity contribution in [1.29, 1.82) is 0 Å². The molecule has 3 aromatic rings. The Balaban J connectivity index is 1.38. The van der Waals surface area contributed by atoms with E-state index >= 15 is 0 Å². The van der Waals surface area contributed by atoms with Gasteiger partial charge in [0, 0.05) is 49.0 Å². The number of amides is 1. The van der Waals surface area contributed by atoms with Crippen molar-refractivity contribution >= 4 is 29.6 Å². The van der Waals surface area contributed by atoms with E-state index in [1.54, 1.807) is 34.0 Å². The maximum Gasteiger partial charge on any atom is 0.327 e. The fraction of sp³-hybridized carbons (Fsp3) is 0.240. The van der Waals surface area contributed by atoms with Crippen LogP contribution in [0.2, 0.25) is 5.02 Å². The Morgan fingerprint density at radius 2 is 1.73 bits per heavy atom. The summed E-state index contributed by atoms with van der Waals surface area (Å²) in [5.74, 6) is -0.437. The van der Waals surface area contributed by atoms with Gasteiger partial charge in [-0.15, -0.1) is 0 Å². The molecule has 8 heteroatoms. The quantitative estimate of drug-likeness (QED) is 0.412. The van der Waals surface area contributed by atoms with Gasteiger partial charge in [-0.1, -0.05) is 48.0 Å². The van der Waals surface area contributed by atoms with Crippen molar-refractivity contribution in [3.05, 3.63) is 89.2 Å². The van der Waals surface area contributed by atoms with Crippen molar-refractivity contribution in [1.82, 2.24) is 19.6 Å². The first-order valence-electron chi connectivity index (χ1n) is 10.7. The molecule has 0 aliphatic carbocycles. The number of ether oxygens (including phenoxy) is 1. The van der Waals surface area contributed by atoms with Crippen molar-refractivity contribution in [3.8, 4) is 5.69 Å². The van der Waals surface area contributed by atoms with E-state index in [-0.39, 0.29) is 11.9 Å². The molecule has 2 aromatic carbocycles. The zero-order valence-corrected chi connectivity index (χ0v) is 19.1. The zero-order chi connectivity index (χ0) is 23.2. The van der Waals surface area contributed by atoms with Crippen LogP contribution < -0.4 is 0 Å². The number of para-hydroxylation sites is 1. The van der Waals surface area contributed by atoms with Crippen molar-refractivity contribution in [2.45, 2.75) is 6.04 Å². The Labute approximate surface area is 197 Å². The Kier molecular flexibility index (Phi) is 7.22. The van der Waals surface area contributed by atoms with Gasteiger partial charge in [-0.3, -0.25) is 9.69 Å². The smallest absolute Gasteiger partial charge is 0.327 e. The molecule has 1 amide bonds. The molecule has 33 heavy (non-hydrogen) atoms. The van der Waals surface area contributed by atoms with Crippen molar-refractivity contribution < 1.29 is 14.3 Å². The van der Waals surface area contributed by atoms with Crippen molar-refractivity contribution in [3.63, 3.8) is 0 Å². The van der Waals surface area contributed by atoms with Gasteiger partial charge < -0.3 is 9.64 Å². The molecule has 1 aliphatic heterocycles. The van der Waals surface area contributed by atoms with E-state index < -0.39 is 6.04 Å². The summed E-state index contributed by atoms with van der Waals surface area (Å²) in [6.45, 7) is 2.09. The topological polar surface area (TPSA) is 67.7 Å². The summed E-state index contributed by atoms with van der Waals surface area (Å²) in [5, 5.41) is 4.86. The first kappa shape index (κ1) is 22.8.